The molecule has 4 rings (SSSR count). The van der Waals surface area contributed by atoms with Gasteiger partial charge in [-0.1, -0.05) is 18.2 Å². The number of nitrogens with zero attached hydrogens (tertiary/aromatic N) is 2. The quantitative estimate of drug-likeness (QED) is 0.624. The summed E-state index contributed by atoms with van der Waals surface area (Å²) in [5.41, 5.74) is 2.46. The molecule has 2 N–H and O–H groups in total. The van der Waals surface area contributed by atoms with E-state index >= 15 is 0 Å². The molecule has 7 nitrogen and oxygen atoms in total. The molecular formula is C25H25FN4O3. The van der Waals surface area contributed by atoms with Crippen LogP contribution in [0.1, 0.15) is 12.0 Å². The monoisotopic (exact) mass is 448 g/mol. The lowest BCUT2D eigenvalue weighted by Gasteiger charge is -2.18. The molecule has 1 amide bonds. The van der Waals surface area contributed by atoms with Crippen LogP contribution >= 0.6 is 0 Å². The van der Waals surface area contributed by atoms with E-state index in [0.717, 1.165) is 24.0 Å². The van der Waals surface area contributed by atoms with E-state index in [4.69, 9.17) is 4.74 Å². The van der Waals surface area contributed by atoms with Crippen LogP contribution in [0.4, 0.5) is 4.39 Å². The number of pyridine rings is 1. The van der Waals surface area contributed by atoms with Gasteiger partial charge in [-0.25, -0.2) is 4.39 Å². The first-order valence-electron chi connectivity index (χ1n) is 10.9. The summed E-state index contributed by atoms with van der Waals surface area (Å²) in [5, 5.41) is 15.9. The van der Waals surface area contributed by atoms with E-state index in [1.165, 1.54) is 12.1 Å². The van der Waals surface area contributed by atoms with Crippen molar-refractivity contribution in [1.82, 2.24) is 15.2 Å². The van der Waals surface area contributed by atoms with Gasteiger partial charge in [0, 0.05) is 44.3 Å². The summed E-state index contributed by atoms with van der Waals surface area (Å²) in [7, 11) is 1.85. The fraction of sp³-hybridized carbons (Fsp3) is 0.320. The van der Waals surface area contributed by atoms with E-state index in [1.54, 1.807) is 30.5 Å². The van der Waals surface area contributed by atoms with Crippen molar-refractivity contribution in [1.29, 1.82) is 5.26 Å². The first-order valence-corrected chi connectivity index (χ1v) is 10.9. The van der Waals surface area contributed by atoms with Gasteiger partial charge in [0.2, 0.25) is 0 Å². The predicted molar refractivity (Wildman–Crippen MR) is 123 cm³/mol. The van der Waals surface area contributed by atoms with Crippen molar-refractivity contribution in [3.63, 3.8) is 0 Å². The minimum absolute atomic E-state index is 0.0424. The fourth-order valence-corrected chi connectivity index (χ4v) is 3.95. The molecule has 2 heterocycles. The highest BCUT2D eigenvalue weighted by molar-refractivity contribution is 5.84. The van der Waals surface area contributed by atoms with Crippen LogP contribution in [0.3, 0.4) is 0 Å². The Bertz CT molecular complexity index is 1270. The lowest BCUT2D eigenvalue weighted by atomic mass is 9.99. The van der Waals surface area contributed by atoms with Crippen LogP contribution in [0.25, 0.3) is 22.0 Å². The standard InChI is InChI=1S/C25H25FN4O3/c1-30-9-7-23(31)20-6-5-17(13-22(20)30)16-3-4-18(21(26)12-16)11-19(14-27)29-25(32)24-15-28-8-2-10-33-24/h3-7,9,12-13,19,24,28H,2,8,10-11,15H2,1H3,(H,29,32)/t19-,24-/m0/s1. The molecule has 1 aliphatic heterocycles. The van der Waals surface area contributed by atoms with Crippen molar-refractivity contribution in [2.45, 2.75) is 25.0 Å². The van der Waals surface area contributed by atoms with Crippen molar-refractivity contribution in [2.75, 3.05) is 19.7 Å². The van der Waals surface area contributed by atoms with Gasteiger partial charge in [-0.15, -0.1) is 0 Å². The maximum atomic E-state index is 14.9. The summed E-state index contributed by atoms with van der Waals surface area (Å²) in [4.78, 5) is 24.5. The lowest BCUT2D eigenvalue weighted by Crippen LogP contribution is -2.46. The molecule has 1 fully saturated rings. The van der Waals surface area contributed by atoms with Gasteiger partial charge in [-0.05, 0) is 47.9 Å². The van der Waals surface area contributed by atoms with E-state index < -0.39 is 18.0 Å². The van der Waals surface area contributed by atoms with Gasteiger partial charge in [0.25, 0.3) is 5.91 Å². The minimum atomic E-state index is -0.875. The Kier molecular flexibility index (Phi) is 6.82. The van der Waals surface area contributed by atoms with Crippen LogP contribution in [0.2, 0.25) is 0 Å². The zero-order chi connectivity index (χ0) is 23.4. The Morgan fingerprint density at radius 1 is 1.30 bits per heavy atom. The summed E-state index contributed by atoms with van der Waals surface area (Å²) < 4.78 is 22.3. The van der Waals surface area contributed by atoms with E-state index in [9.17, 15) is 19.2 Å². The third-order valence-electron chi connectivity index (χ3n) is 5.81. The zero-order valence-electron chi connectivity index (χ0n) is 18.3. The lowest BCUT2D eigenvalue weighted by molar-refractivity contribution is -0.132. The van der Waals surface area contributed by atoms with Gasteiger partial charge >= 0.3 is 0 Å². The molecule has 0 bridgehead atoms. The number of halogens is 1. The third kappa shape index (κ3) is 5.11. The Morgan fingerprint density at radius 2 is 2.09 bits per heavy atom. The summed E-state index contributed by atoms with van der Waals surface area (Å²) in [6, 6.07) is 12.9. The number of benzene rings is 2. The first-order chi connectivity index (χ1) is 16.0. The van der Waals surface area contributed by atoms with Crippen molar-refractivity contribution in [2.24, 2.45) is 7.05 Å². The van der Waals surface area contributed by atoms with Crippen molar-refractivity contribution in [3.05, 3.63) is 70.3 Å². The van der Waals surface area contributed by atoms with E-state index in [2.05, 4.69) is 10.6 Å². The molecule has 3 aromatic rings. The topological polar surface area (TPSA) is 96.2 Å². The number of aromatic nitrogens is 1. The maximum absolute atomic E-state index is 14.9. The van der Waals surface area contributed by atoms with Crippen molar-refractivity contribution < 1.29 is 13.9 Å². The Labute approximate surface area is 190 Å². The van der Waals surface area contributed by atoms with Gasteiger partial charge in [-0.2, -0.15) is 5.26 Å². The van der Waals surface area contributed by atoms with Gasteiger partial charge in [-0.3, -0.25) is 9.59 Å². The van der Waals surface area contributed by atoms with Crippen LogP contribution in [0.5, 0.6) is 0 Å². The zero-order valence-corrected chi connectivity index (χ0v) is 18.3. The van der Waals surface area contributed by atoms with Crippen LogP contribution in [-0.2, 0) is 23.0 Å². The Balaban J connectivity index is 1.51. The number of fused-ring (bicyclic) bond motifs is 1. The van der Waals surface area contributed by atoms with Gasteiger partial charge in [0.05, 0.1) is 11.6 Å². The van der Waals surface area contributed by atoms with Gasteiger partial charge in [0.15, 0.2) is 5.43 Å². The molecule has 0 spiro atoms. The summed E-state index contributed by atoms with van der Waals surface area (Å²) in [5.74, 6) is -0.841. The average molecular weight is 448 g/mol. The molecule has 0 unspecified atom stereocenters. The number of nitriles is 1. The molecule has 1 saturated heterocycles. The number of rotatable bonds is 5. The summed E-state index contributed by atoms with van der Waals surface area (Å²) in [6.45, 7) is 1.63. The van der Waals surface area contributed by atoms with Gasteiger partial charge in [0.1, 0.15) is 18.0 Å². The number of ether oxygens (including phenoxy) is 1. The molecule has 2 atom stereocenters. The highest BCUT2D eigenvalue weighted by Gasteiger charge is 2.24. The molecule has 0 radical (unpaired) electrons. The number of amides is 1. The predicted octanol–water partition coefficient (Wildman–Crippen LogP) is 2.27. The molecule has 2 aromatic carbocycles. The highest BCUT2D eigenvalue weighted by atomic mass is 19.1. The number of hydrogen-bond acceptors (Lipinski definition) is 5. The molecule has 8 heteroatoms. The number of carbonyl (C=O) groups is 1. The second-order valence-corrected chi connectivity index (χ2v) is 8.14. The molecule has 170 valence electrons. The molecule has 1 aliphatic rings. The van der Waals surface area contributed by atoms with E-state index in [1.807, 2.05) is 23.8 Å². The normalized spacial score (nSPS) is 17.2. The van der Waals surface area contributed by atoms with Crippen LogP contribution in [0.15, 0.2) is 53.5 Å². The van der Waals surface area contributed by atoms with Crippen molar-refractivity contribution in [3.8, 4) is 17.2 Å². The second kappa shape index (κ2) is 9.94. The second-order valence-electron chi connectivity index (χ2n) is 8.14. The van der Waals surface area contributed by atoms with E-state index in [-0.39, 0.29) is 17.8 Å². The van der Waals surface area contributed by atoms with Gasteiger partial charge < -0.3 is 19.9 Å². The molecule has 1 aromatic heterocycles. The smallest absolute Gasteiger partial charge is 0.251 e. The number of hydrogen-bond donors (Lipinski definition) is 2. The van der Waals surface area contributed by atoms with E-state index in [0.29, 0.717) is 29.7 Å². The SMILES string of the molecule is Cn1ccc(=O)c2ccc(-c3ccc(C[C@@H](C#N)NC(=O)[C@@H]4CNCCCO4)c(F)c3)cc21. The van der Waals surface area contributed by atoms with Crippen LogP contribution < -0.4 is 16.1 Å². The Hall–Kier alpha value is -3.54. The maximum Gasteiger partial charge on any atom is 0.251 e. The van der Waals surface area contributed by atoms with Crippen LogP contribution in [-0.4, -0.2) is 42.3 Å². The molecular weight excluding hydrogens is 423 g/mol. The average Bonchev–Trinajstić information content (AvgIpc) is 3.12. The Morgan fingerprint density at radius 3 is 2.88 bits per heavy atom. The first kappa shape index (κ1) is 22.6. The number of aryl methyl sites for hydroxylation is 1. The third-order valence-corrected chi connectivity index (χ3v) is 5.81. The molecule has 33 heavy (non-hydrogen) atoms. The highest BCUT2D eigenvalue weighted by Crippen LogP contribution is 2.25. The number of nitrogens with one attached hydrogen (secondary N) is 2. The largest absolute Gasteiger partial charge is 0.367 e. The summed E-state index contributed by atoms with van der Waals surface area (Å²) >= 11 is 0. The fourth-order valence-electron chi connectivity index (χ4n) is 3.95. The summed E-state index contributed by atoms with van der Waals surface area (Å²) in [6.07, 6.45) is 1.89. The molecule has 0 aliphatic carbocycles. The van der Waals surface area contributed by atoms with Crippen LogP contribution in [0, 0.1) is 17.1 Å². The van der Waals surface area contributed by atoms with Crippen molar-refractivity contribution >= 4 is 16.8 Å². The number of carbonyl (C=O) groups excluding carboxylic acids is 1. The molecule has 0 saturated carbocycles. The minimum Gasteiger partial charge on any atom is -0.367 e.